The van der Waals surface area contributed by atoms with Crippen molar-refractivity contribution < 1.29 is 22.6 Å². The SMILES string of the molecule is COc1ccc(N(Cc2ccccc2C)S(=O)(=O)c2ccc3c(c2)OCCO3)cc1. The molecule has 3 aromatic rings. The van der Waals surface area contributed by atoms with Crippen molar-refractivity contribution in [2.75, 3.05) is 24.6 Å². The summed E-state index contributed by atoms with van der Waals surface area (Å²) in [5.41, 5.74) is 2.50. The average molecular weight is 426 g/mol. The van der Waals surface area contributed by atoms with E-state index in [0.29, 0.717) is 36.1 Å². The second-order valence-electron chi connectivity index (χ2n) is 6.94. The van der Waals surface area contributed by atoms with Gasteiger partial charge < -0.3 is 14.2 Å². The molecule has 0 aromatic heterocycles. The number of benzene rings is 3. The highest BCUT2D eigenvalue weighted by Crippen LogP contribution is 2.35. The molecule has 0 radical (unpaired) electrons. The van der Waals surface area contributed by atoms with E-state index >= 15 is 0 Å². The molecular formula is C23H23NO5S. The summed E-state index contributed by atoms with van der Waals surface area (Å²) >= 11 is 0. The van der Waals surface area contributed by atoms with Gasteiger partial charge in [0.2, 0.25) is 0 Å². The van der Waals surface area contributed by atoms with Gasteiger partial charge in [-0.3, -0.25) is 4.31 Å². The summed E-state index contributed by atoms with van der Waals surface area (Å²) < 4.78 is 45.1. The van der Waals surface area contributed by atoms with Gasteiger partial charge >= 0.3 is 0 Å². The van der Waals surface area contributed by atoms with Crippen molar-refractivity contribution in [3.8, 4) is 17.2 Å². The Morgan fingerprint density at radius 2 is 1.63 bits per heavy atom. The lowest BCUT2D eigenvalue weighted by Crippen LogP contribution is -2.31. The van der Waals surface area contributed by atoms with Crippen LogP contribution in [-0.4, -0.2) is 28.7 Å². The molecule has 0 amide bonds. The van der Waals surface area contributed by atoms with Crippen LogP contribution < -0.4 is 18.5 Å². The van der Waals surface area contributed by atoms with Crippen molar-refractivity contribution in [2.45, 2.75) is 18.4 Å². The molecule has 0 fully saturated rings. The highest BCUT2D eigenvalue weighted by molar-refractivity contribution is 7.92. The predicted octanol–water partition coefficient (Wildman–Crippen LogP) is 4.17. The van der Waals surface area contributed by atoms with Gasteiger partial charge in [-0.2, -0.15) is 0 Å². The van der Waals surface area contributed by atoms with E-state index in [-0.39, 0.29) is 11.4 Å². The summed E-state index contributed by atoms with van der Waals surface area (Å²) in [6.07, 6.45) is 0. The first-order chi connectivity index (χ1) is 14.5. The van der Waals surface area contributed by atoms with Crippen LogP contribution in [0.3, 0.4) is 0 Å². The molecule has 4 rings (SSSR count). The molecule has 1 heterocycles. The molecule has 0 atom stereocenters. The van der Waals surface area contributed by atoms with Crippen LogP contribution in [0.5, 0.6) is 17.2 Å². The van der Waals surface area contributed by atoms with Gasteiger partial charge in [0, 0.05) is 6.07 Å². The van der Waals surface area contributed by atoms with E-state index in [9.17, 15) is 8.42 Å². The van der Waals surface area contributed by atoms with Crippen molar-refractivity contribution in [2.24, 2.45) is 0 Å². The monoisotopic (exact) mass is 425 g/mol. The summed E-state index contributed by atoms with van der Waals surface area (Å²) in [6.45, 7) is 3.01. The number of anilines is 1. The van der Waals surface area contributed by atoms with Gasteiger partial charge in [0.15, 0.2) is 11.5 Å². The molecule has 0 bridgehead atoms. The molecule has 0 aliphatic carbocycles. The number of hydrogen-bond acceptors (Lipinski definition) is 5. The second kappa shape index (κ2) is 8.28. The van der Waals surface area contributed by atoms with Gasteiger partial charge in [-0.15, -0.1) is 0 Å². The van der Waals surface area contributed by atoms with Crippen molar-refractivity contribution in [3.05, 3.63) is 77.9 Å². The fourth-order valence-corrected chi connectivity index (χ4v) is 4.78. The maximum absolute atomic E-state index is 13.7. The predicted molar refractivity (Wildman–Crippen MR) is 115 cm³/mol. The van der Waals surface area contributed by atoms with Crippen molar-refractivity contribution in [3.63, 3.8) is 0 Å². The number of methoxy groups -OCH3 is 1. The van der Waals surface area contributed by atoms with Crippen LogP contribution in [0.25, 0.3) is 0 Å². The highest BCUT2D eigenvalue weighted by Gasteiger charge is 2.27. The molecule has 6 nitrogen and oxygen atoms in total. The molecular weight excluding hydrogens is 402 g/mol. The third-order valence-electron chi connectivity index (χ3n) is 5.04. The average Bonchev–Trinajstić information content (AvgIpc) is 2.78. The zero-order valence-corrected chi connectivity index (χ0v) is 17.7. The molecule has 0 saturated heterocycles. The van der Waals surface area contributed by atoms with Crippen LogP contribution in [0, 0.1) is 6.92 Å². The molecule has 30 heavy (non-hydrogen) atoms. The molecule has 1 aliphatic heterocycles. The topological polar surface area (TPSA) is 65.1 Å². The van der Waals surface area contributed by atoms with Crippen LogP contribution >= 0.6 is 0 Å². The third kappa shape index (κ3) is 3.93. The zero-order chi connectivity index (χ0) is 21.1. The first-order valence-corrected chi connectivity index (χ1v) is 11.0. The minimum Gasteiger partial charge on any atom is -0.497 e. The fourth-order valence-electron chi connectivity index (χ4n) is 3.32. The molecule has 0 saturated carbocycles. The van der Waals surface area contributed by atoms with Crippen molar-refractivity contribution in [1.82, 2.24) is 0 Å². The smallest absolute Gasteiger partial charge is 0.264 e. The Morgan fingerprint density at radius 3 is 2.33 bits per heavy atom. The highest BCUT2D eigenvalue weighted by atomic mass is 32.2. The van der Waals surface area contributed by atoms with Gasteiger partial charge in [0.25, 0.3) is 10.0 Å². The lowest BCUT2D eigenvalue weighted by molar-refractivity contribution is 0.171. The van der Waals surface area contributed by atoms with Crippen molar-refractivity contribution >= 4 is 15.7 Å². The Balaban J connectivity index is 1.78. The lowest BCUT2D eigenvalue weighted by atomic mass is 10.1. The summed E-state index contributed by atoms with van der Waals surface area (Å²) in [4.78, 5) is 0.149. The number of nitrogens with zero attached hydrogens (tertiary/aromatic N) is 1. The molecule has 1 aliphatic rings. The minimum atomic E-state index is -3.87. The van der Waals surface area contributed by atoms with E-state index in [1.807, 2.05) is 31.2 Å². The van der Waals surface area contributed by atoms with Crippen LogP contribution in [0.2, 0.25) is 0 Å². The first-order valence-electron chi connectivity index (χ1n) is 9.60. The molecule has 0 N–H and O–H groups in total. The fraction of sp³-hybridized carbons (Fsp3) is 0.217. The molecule has 0 spiro atoms. The lowest BCUT2D eigenvalue weighted by Gasteiger charge is -2.26. The Kier molecular flexibility index (Phi) is 5.55. The molecule has 0 unspecified atom stereocenters. The van der Waals surface area contributed by atoms with Crippen LogP contribution in [-0.2, 0) is 16.6 Å². The Morgan fingerprint density at radius 1 is 0.933 bits per heavy atom. The zero-order valence-electron chi connectivity index (χ0n) is 16.9. The molecule has 3 aromatic carbocycles. The first kappa shape index (κ1) is 20.1. The quantitative estimate of drug-likeness (QED) is 0.593. The maximum atomic E-state index is 13.7. The van der Waals surface area contributed by atoms with E-state index in [4.69, 9.17) is 14.2 Å². The van der Waals surface area contributed by atoms with Crippen molar-refractivity contribution in [1.29, 1.82) is 0 Å². The molecule has 156 valence electrons. The number of hydrogen-bond donors (Lipinski definition) is 0. The third-order valence-corrected chi connectivity index (χ3v) is 6.81. The van der Waals surface area contributed by atoms with Gasteiger partial charge in [0.1, 0.15) is 19.0 Å². The standard InChI is InChI=1S/C23H23NO5S/c1-17-5-3-4-6-18(17)16-24(19-7-9-20(27-2)10-8-19)30(25,26)21-11-12-22-23(15-21)29-14-13-28-22/h3-12,15H,13-14,16H2,1-2H3. The Labute approximate surface area is 176 Å². The van der Waals surface area contributed by atoms with Gasteiger partial charge in [-0.1, -0.05) is 24.3 Å². The summed E-state index contributed by atoms with van der Waals surface area (Å²) in [5, 5.41) is 0. The summed E-state index contributed by atoms with van der Waals surface area (Å²) in [6, 6.07) is 19.5. The van der Waals surface area contributed by atoms with Crippen LogP contribution in [0.4, 0.5) is 5.69 Å². The van der Waals surface area contributed by atoms with Gasteiger partial charge in [-0.25, -0.2) is 8.42 Å². The normalized spacial score (nSPS) is 13.0. The van der Waals surface area contributed by atoms with E-state index in [1.54, 1.807) is 43.5 Å². The van der Waals surface area contributed by atoms with E-state index in [2.05, 4.69) is 0 Å². The second-order valence-corrected chi connectivity index (χ2v) is 8.80. The van der Waals surface area contributed by atoms with Gasteiger partial charge in [-0.05, 0) is 54.4 Å². The van der Waals surface area contributed by atoms with E-state index in [1.165, 1.54) is 10.4 Å². The Hall–Kier alpha value is -3.19. The summed E-state index contributed by atoms with van der Waals surface area (Å²) in [5.74, 6) is 1.65. The van der Waals surface area contributed by atoms with Gasteiger partial charge in [0.05, 0.1) is 24.2 Å². The number of aryl methyl sites for hydroxylation is 1. The number of sulfonamides is 1. The van der Waals surface area contributed by atoms with Crippen LogP contribution in [0.1, 0.15) is 11.1 Å². The van der Waals surface area contributed by atoms with E-state index < -0.39 is 10.0 Å². The maximum Gasteiger partial charge on any atom is 0.264 e. The summed E-state index contributed by atoms with van der Waals surface area (Å²) in [7, 11) is -2.29. The number of fused-ring (bicyclic) bond motifs is 1. The minimum absolute atomic E-state index is 0.149. The Bertz CT molecular complexity index is 1140. The van der Waals surface area contributed by atoms with Crippen LogP contribution in [0.15, 0.2) is 71.6 Å². The van der Waals surface area contributed by atoms with E-state index in [0.717, 1.165) is 11.1 Å². The largest absolute Gasteiger partial charge is 0.497 e. The number of rotatable bonds is 6. The molecule has 7 heteroatoms. The number of ether oxygens (including phenoxy) is 3.